The summed E-state index contributed by atoms with van der Waals surface area (Å²) < 4.78 is 0. The predicted octanol–water partition coefficient (Wildman–Crippen LogP) is 3.75. The number of nitrogens with one attached hydrogen (secondary N) is 1. The van der Waals surface area contributed by atoms with Crippen molar-refractivity contribution in [2.75, 3.05) is 20.1 Å². The molecule has 0 aliphatic heterocycles. The van der Waals surface area contributed by atoms with Gasteiger partial charge in [-0.15, -0.1) is 0 Å². The lowest BCUT2D eigenvalue weighted by molar-refractivity contribution is 0.145. The summed E-state index contributed by atoms with van der Waals surface area (Å²) >= 11 is 0. The highest BCUT2D eigenvalue weighted by molar-refractivity contribution is 5.39. The van der Waals surface area contributed by atoms with Gasteiger partial charge in [0.2, 0.25) is 0 Å². The van der Waals surface area contributed by atoms with Gasteiger partial charge in [-0.25, -0.2) is 0 Å². The number of rotatable bonds is 6. The first-order chi connectivity index (χ1) is 9.52. The zero-order valence-corrected chi connectivity index (χ0v) is 13.8. The molecule has 1 aliphatic carbocycles. The third-order valence-electron chi connectivity index (χ3n) is 4.71. The van der Waals surface area contributed by atoms with Crippen LogP contribution in [-0.4, -0.2) is 31.1 Å². The number of nitrogens with zero attached hydrogens (tertiary/aromatic N) is 1. The first-order valence-electron chi connectivity index (χ1n) is 8.04. The van der Waals surface area contributed by atoms with Crippen molar-refractivity contribution in [3.8, 4) is 0 Å². The largest absolute Gasteiger partial charge is 0.309 e. The van der Waals surface area contributed by atoms with Crippen molar-refractivity contribution < 1.29 is 0 Å². The number of benzene rings is 1. The van der Waals surface area contributed by atoms with Crippen LogP contribution in [0.2, 0.25) is 0 Å². The molecular formula is C18H30N2. The summed E-state index contributed by atoms with van der Waals surface area (Å²) in [7, 11) is 2.28. The lowest BCUT2D eigenvalue weighted by Crippen LogP contribution is -2.42. The minimum Gasteiger partial charge on any atom is -0.309 e. The van der Waals surface area contributed by atoms with E-state index in [1.807, 2.05) is 0 Å². The monoisotopic (exact) mass is 274 g/mol. The second-order valence-corrected chi connectivity index (χ2v) is 6.45. The third kappa shape index (κ3) is 3.42. The van der Waals surface area contributed by atoms with Gasteiger partial charge in [-0.05, 0) is 63.9 Å². The van der Waals surface area contributed by atoms with Crippen molar-refractivity contribution in [3.05, 3.63) is 34.4 Å². The summed E-state index contributed by atoms with van der Waals surface area (Å²) in [5, 5.41) is 3.69. The van der Waals surface area contributed by atoms with E-state index in [1.54, 1.807) is 0 Å². The van der Waals surface area contributed by atoms with Crippen molar-refractivity contribution in [1.82, 2.24) is 10.2 Å². The van der Waals surface area contributed by atoms with E-state index < -0.39 is 0 Å². The van der Waals surface area contributed by atoms with Crippen molar-refractivity contribution in [2.24, 2.45) is 0 Å². The average molecular weight is 274 g/mol. The molecule has 0 spiro atoms. The van der Waals surface area contributed by atoms with Gasteiger partial charge in [0.25, 0.3) is 0 Å². The highest BCUT2D eigenvalue weighted by Crippen LogP contribution is 2.28. The minimum absolute atomic E-state index is 0.450. The second kappa shape index (κ2) is 6.73. The van der Waals surface area contributed by atoms with E-state index in [1.165, 1.54) is 41.5 Å². The van der Waals surface area contributed by atoms with E-state index in [0.717, 1.165) is 19.1 Å². The lowest BCUT2D eigenvalue weighted by Gasteiger charge is -2.37. The van der Waals surface area contributed by atoms with Crippen LogP contribution in [0.3, 0.4) is 0 Å². The molecule has 1 aromatic rings. The van der Waals surface area contributed by atoms with E-state index in [4.69, 9.17) is 0 Å². The summed E-state index contributed by atoms with van der Waals surface area (Å²) in [6.45, 7) is 11.0. The van der Waals surface area contributed by atoms with Crippen molar-refractivity contribution >= 4 is 0 Å². The van der Waals surface area contributed by atoms with Crippen LogP contribution in [0.4, 0.5) is 0 Å². The van der Waals surface area contributed by atoms with Crippen LogP contribution >= 0.6 is 0 Å². The van der Waals surface area contributed by atoms with Gasteiger partial charge in [-0.1, -0.05) is 31.0 Å². The molecule has 2 rings (SSSR count). The maximum absolute atomic E-state index is 3.69. The summed E-state index contributed by atoms with van der Waals surface area (Å²) in [4.78, 5) is 2.55. The molecule has 0 saturated heterocycles. The molecule has 1 saturated carbocycles. The fourth-order valence-electron chi connectivity index (χ4n) is 3.51. The highest BCUT2D eigenvalue weighted by Gasteiger charge is 2.25. The van der Waals surface area contributed by atoms with Crippen LogP contribution in [0.5, 0.6) is 0 Å². The normalized spacial score (nSPS) is 17.3. The Hall–Kier alpha value is -0.860. The van der Waals surface area contributed by atoms with E-state index >= 15 is 0 Å². The topological polar surface area (TPSA) is 15.3 Å². The maximum Gasteiger partial charge on any atom is 0.0454 e. The predicted molar refractivity (Wildman–Crippen MR) is 87.3 cm³/mol. The molecule has 20 heavy (non-hydrogen) atoms. The van der Waals surface area contributed by atoms with Crippen molar-refractivity contribution in [2.45, 2.75) is 59.0 Å². The molecule has 1 atom stereocenters. The molecule has 1 aromatic carbocycles. The zero-order chi connectivity index (χ0) is 14.7. The first kappa shape index (κ1) is 15.5. The number of hydrogen-bond acceptors (Lipinski definition) is 2. The SMILES string of the molecule is CCNC(CN(C)C1CCC1)c1c(C)cc(C)cc1C. The van der Waals surface area contributed by atoms with Crippen molar-refractivity contribution in [3.63, 3.8) is 0 Å². The summed E-state index contributed by atoms with van der Waals surface area (Å²) in [5.41, 5.74) is 5.72. The summed E-state index contributed by atoms with van der Waals surface area (Å²) in [6, 6.07) is 5.89. The van der Waals surface area contributed by atoms with Crippen LogP contribution in [-0.2, 0) is 0 Å². The van der Waals surface area contributed by atoms with E-state index in [9.17, 15) is 0 Å². The van der Waals surface area contributed by atoms with Gasteiger partial charge >= 0.3 is 0 Å². The number of aryl methyl sites for hydroxylation is 3. The quantitative estimate of drug-likeness (QED) is 0.850. The first-order valence-corrected chi connectivity index (χ1v) is 8.04. The van der Waals surface area contributed by atoms with Crippen LogP contribution < -0.4 is 5.32 Å². The molecule has 0 radical (unpaired) electrons. The Kier molecular flexibility index (Phi) is 5.22. The Morgan fingerprint density at radius 3 is 2.25 bits per heavy atom. The molecule has 2 nitrogen and oxygen atoms in total. The molecule has 112 valence electrons. The van der Waals surface area contributed by atoms with Gasteiger partial charge in [0.1, 0.15) is 0 Å². The fraction of sp³-hybridized carbons (Fsp3) is 0.667. The third-order valence-corrected chi connectivity index (χ3v) is 4.71. The fourth-order valence-corrected chi connectivity index (χ4v) is 3.51. The molecule has 0 aromatic heterocycles. The molecule has 2 heteroatoms. The summed E-state index contributed by atoms with van der Waals surface area (Å²) in [6.07, 6.45) is 4.16. The van der Waals surface area contributed by atoms with Crippen LogP contribution in [0.25, 0.3) is 0 Å². The van der Waals surface area contributed by atoms with Gasteiger partial charge < -0.3 is 10.2 Å². The number of likely N-dealkylation sites (N-methyl/N-ethyl adjacent to an activating group) is 2. The van der Waals surface area contributed by atoms with Crippen LogP contribution in [0, 0.1) is 20.8 Å². The molecule has 1 aliphatic rings. The molecule has 0 amide bonds. The van der Waals surface area contributed by atoms with Crippen molar-refractivity contribution in [1.29, 1.82) is 0 Å². The maximum atomic E-state index is 3.69. The van der Waals surface area contributed by atoms with Gasteiger partial charge in [-0.2, -0.15) is 0 Å². The highest BCUT2D eigenvalue weighted by atomic mass is 15.2. The Morgan fingerprint density at radius 2 is 1.80 bits per heavy atom. The van der Waals surface area contributed by atoms with Gasteiger partial charge in [0.05, 0.1) is 0 Å². The standard InChI is InChI=1S/C18H30N2/c1-6-19-17(12-20(5)16-8-7-9-16)18-14(3)10-13(2)11-15(18)4/h10-11,16-17,19H,6-9,12H2,1-5H3. The Balaban J connectivity index is 2.19. The van der Waals surface area contributed by atoms with Gasteiger partial charge in [0, 0.05) is 18.6 Å². The summed E-state index contributed by atoms with van der Waals surface area (Å²) in [5.74, 6) is 0. The average Bonchev–Trinajstić information content (AvgIpc) is 2.24. The molecule has 1 fully saturated rings. The van der Waals surface area contributed by atoms with E-state index in [-0.39, 0.29) is 0 Å². The molecule has 1 unspecified atom stereocenters. The molecular weight excluding hydrogens is 244 g/mol. The van der Waals surface area contributed by atoms with E-state index in [2.05, 4.69) is 57.1 Å². The lowest BCUT2D eigenvalue weighted by atomic mass is 9.89. The smallest absolute Gasteiger partial charge is 0.0454 e. The Morgan fingerprint density at radius 1 is 1.20 bits per heavy atom. The number of hydrogen-bond donors (Lipinski definition) is 1. The molecule has 0 bridgehead atoms. The van der Waals surface area contributed by atoms with Gasteiger partial charge in [0.15, 0.2) is 0 Å². The molecule has 1 N–H and O–H groups in total. The minimum atomic E-state index is 0.450. The second-order valence-electron chi connectivity index (χ2n) is 6.45. The van der Waals surface area contributed by atoms with Crippen LogP contribution in [0.1, 0.15) is 54.5 Å². The van der Waals surface area contributed by atoms with E-state index in [0.29, 0.717) is 6.04 Å². The van der Waals surface area contributed by atoms with Crippen LogP contribution in [0.15, 0.2) is 12.1 Å². The van der Waals surface area contributed by atoms with Gasteiger partial charge in [-0.3, -0.25) is 0 Å². The Labute approximate surface area is 124 Å². The zero-order valence-electron chi connectivity index (χ0n) is 13.8. The Bertz CT molecular complexity index is 426. The molecule has 0 heterocycles.